The fourth-order valence-corrected chi connectivity index (χ4v) is 2.63. The third-order valence-corrected chi connectivity index (χ3v) is 4.10. The zero-order valence-electron chi connectivity index (χ0n) is 12.2. The van der Waals surface area contributed by atoms with Crippen molar-refractivity contribution in [3.05, 3.63) is 57.1 Å². The van der Waals surface area contributed by atoms with Gasteiger partial charge in [0.05, 0.1) is 0 Å². The Morgan fingerprint density at radius 3 is 2.35 bits per heavy atom. The van der Waals surface area contributed by atoms with E-state index < -0.39 is 0 Å². The summed E-state index contributed by atoms with van der Waals surface area (Å²) in [5.41, 5.74) is 4.56. The number of benzene rings is 1. The van der Waals surface area contributed by atoms with Crippen LogP contribution in [0.3, 0.4) is 0 Å². The minimum atomic E-state index is 0.755. The summed E-state index contributed by atoms with van der Waals surface area (Å²) in [6.07, 6.45) is 0.755. The normalized spacial score (nSPS) is 10.8. The Labute approximate surface area is 129 Å². The van der Waals surface area contributed by atoms with E-state index in [4.69, 9.17) is 0 Å². The van der Waals surface area contributed by atoms with Gasteiger partial charge in [0.1, 0.15) is 5.82 Å². The molecule has 0 amide bonds. The quantitative estimate of drug-likeness (QED) is 0.909. The molecule has 0 saturated carbocycles. The third kappa shape index (κ3) is 3.64. The highest BCUT2D eigenvalue weighted by Gasteiger charge is 2.09. The molecule has 0 atom stereocenters. The zero-order chi connectivity index (χ0) is 14.5. The Balaban J connectivity index is 2.24. The van der Waals surface area contributed by atoms with Gasteiger partial charge in [-0.15, -0.1) is 0 Å². The molecule has 1 N–H and O–H groups in total. The lowest BCUT2D eigenvalue weighted by atomic mass is 10.1. The molecule has 0 fully saturated rings. The van der Waals surface area contributed by atoms with Crippen LogP contribution < -0.4 is 5.32 Å². The average Bonchev–Trinajstić information content (AvgIpc) is 2.41. The number of aryl methyl sites for hydroxylation is 2. The van der Waals surface area contributed by atoms with Gasteiger partial charge in [0.25, 0.3) is 0 Å². The van der Waals surface area contributed by atoms with Gasteiger partial charge in [-0.3, -0.25) is 0 Å². The van der Waals surface area contributed by atoms with E-state index in [-0.39, 0.29) is 0 Å². The molecule has 4 heteroatoms. The van der Waals surface area contributed by atoms with Crippen LogP contribution in [0.4, 0.5) is 0 Å². The molecule has 0 spiro atoms. The van der Waals surface area contributed by atoms with E-state index in [1.807, 2.05) is 12.1 Å². The van der Waals surface area contributed by atoms with E-state index in [0.29, 0.717) is 0 Å². The Morgan fingerprint density at radius 2 is 1.75 bits per heavy atom. The summed E-state index contributed by atoms with van der Waals surface area (Å²) in [4.78, 5) is 9.30. The van der Waals surface area contributed by atoms with Crippen molar-refractivity contribution in [3.8, 4) is 0 Å². The average molecular weight is 334 g/mol. The van der Waals surface area contributed by atoms with E-state index in [0.717, 1.165) is 41.2 Å². The summed E-state index contributed by atoms with van der Waals surface area (Å²) >= 11 is 3.57. The lowest BCUT2D eigenvalue weighted by molar-refractivity contribution is 0.706. The highest BCUT2D eigenvalue weighted by Crippen LogP contribution is 2.19. The van der Waals surface area contributed by atoms with Crippen molar-refractivity contribution in [3.63, 3.8) is 0 Å². The predicted octanol–water partition coefficient (Wildman–Crippen LogP) is 3.56. The Bertz CT molecular complexity index is 573. The van der Waals surface area contributed by atoms with Crippen LogP contribution in [0.25, 0.3) is 0 Å². The monoisotopic (exact) mass is 333 g/mol. The van der Waals surface area contributed by atoms with Crippen molar-refractivity contribution in [2.24, 2.45) is 0 Å². The maximum atomic E-state index is 4.65. The van der Waals surface area contributed by atoms with Crippen LogP contribution in [0.2, 0.25) is 0 Å². The molecule has 1 aromatic heterocycles. The smallest absolute Gasteiger partial charge is 0.133 e. The standard InChI is InChI=1S/C16H20BrN3/c1-4-18-10-14-11(2)19-16(20-12(14)3)9-13-7-5-6-8-15(13)17/h5-8,18H,4,9-10H2,1-3H3. The highest BCUT2D eigenvalue weighted by molar-refractivity contribution is 9.10. The van der Waals surface area contributed by atoms with E-state index in [1.165, 1.54) is 11.1 Å². The van der Waals surface area contributed by atoms with Gasteiger partial charge in [0.15, 0.2) is 0 Å². The number of hydrogen-bond donors (Lipinski definition) is 1. The van der Waals surface area contributed by atoms with Crippen LogP contribution in [0, 0.1) is 13.8 Å². The second-order valence-electron chi connectivity index (χ2n) is 4.84. The molecular formula is C16H20BrN3. The topological polar surface area (TPSA) is 37.8 Å². The highest BCUT2D eigenvalue weighted by atomic mass is 79.9. The number of hydrogen-bond acceptors (Lipinski definition) is 3. The van der Waals surface area contributed by atoms with E-state index >= 15 is 0 Å². The molecule has 0 aliphatic rings. The van der Waals surface area contributed by atoms with Gasteiger partial charge in [-0.1, -0.05) is 41.1 Å². The van der Waals surface area contributed by atoms with Crippen LogP contribution >= 0.6 is 15.9 Å². The Hall–Kier alpha value is -1.26. The first-order valence-electron chi connectivity index (χ1n) is 6.89. The van der Waals surface area contributed by atoms with Gasteiger partial charge in [-0.25, -0.2) is 9.97 Å². The van der Waals surface area contributed by atoms with Crippen LogP contribution in [0.1, 0.15) is 35.3 Å². The van der Waals surface area contributed by atoms with E-state index in [9.17, 15) is 0 Å². The maximum absolute atomic E-state index is 4.65. The summed E-state index contributed by atoms with van der Waals surface area (Å²) in [5.74, 6) is 0.882. The van der Waals surface area contributed by atoms with Gasteiger partial charge >= 0.3 is 0 Å². The number of nitrogens with zero attached hydrogens (tertiary/aromatic N) is 2. The third-order valence-electron chi connectivity index (χ3n) is 3.33. The summed E-state index contributed by atoms with van der Waals surface area (Å²) in [7, 11) is 0. The molecule has 2 rings (SSSR count). The van der Waals surface area contributed by atoms with Gasteiger partial charge in [0.2, 0.25) is 0 Å². The van der Waals surface area contributed by atoms with Crippen molar-refractivity contribution in [2.45, 2.75) is 33.7 Å². The van der Waals surface area contributed by atoms with Crippen LogP contribution in [-0.4, -0.2) is 16.5 Å². The van der Waals surface area contributed by atoms with Crippen LogP contribution in [0.15, 0.2) is 28.7 Å². The molecule has 3 nitrogen and oxygen atoms in total. The Morgan fingerprint density at radius 1 is 1.10 bits per heavy atom. The van der Waals surface area contributed by atoms with Gasteiger partial charge < -0.3 is 5.32 Å². The van der Waals surface area contributed by atoms with E-state index in [1.54, 1.807) is 0 Å². The number of aromatic nitrogens is 2. The fourth-order valence-electron chi connectivity index (χ4n) is 2.21. The minimum absolute atomic E-state index is 0.755. The zero-order valence-corrected chi connectivity index (χ0v) is 13.8. The largest absolute Gasteiger partial charge is 0.313 e. The molecular weight excluding hydrogens is 314 g/mol. The molecule has 0 radical (unpaired) electrons. The van der Waals surface area contributed by atoms with Crippen molar-refractivity contribution in [1.82, 2.24) is 15.3 Å². The second kappa shape index (κ2) is 6.95. The SMILES string of the molecule is CCNCc1c(C)nc(Cc2ccccc2Br)nc1C. The van der Waals surface area contributed by atoms with Crippen molar-refractivity contribution < 1.29 is 0 Å². The molecule has 0 saturated heterocycles. The first-order valence-corrected chi connectivity index (χ1v) is 7.68. The molecule has 106 valence electrons. The molecule has 1 heterocycles. The lowest BCUT2D eigenvalue weighted by Gasteiger charge is -2.11. The van der Waals surface area contributed by atoms with Crippen LogP contribution in [-0.2, 0) is 13.0 Å². The van der Waals surface area contributed by atoms with Crippen molar-refractivity contribution in [1.29, 1.82) is 0 Å². The first kappa shape index (κ1) is 15.1. The second-order valence-corrected chi connectivity index (χ2v) is 5.69. The molecule has 20 heavy (non-hydrogen) atoms. The Kier molecular flexibility index (Phi) is 5.26. The predicted molar refractivity (Wildman–Crippen MR) is 85.8 cm³/mol. The lowest BCUT2D eigenvalue weighted by Crippen LogP contribution is -2.16. The summed E-state index contributed by atoms with van der Waals surface area (Å²) in [6, 6.07) is 8.21. The molecule has 2 aromatic rings. The van der Waals surface area contributed by atoms with Gasteiger partial charge in [0, 0.05) is 34.4 Å². The molecule has 0 bridgehead atoms. The molecule has 0 aliphatic heterocycles. The van der Waals surface area contributed by atoms with Crippen molar-refractivity contribution >= 4 is 15.9 Å². The summed E-state index contributed by atoms with van der Waals surface area (Å²) < 4.78 is 1.11. The van der Waals surface area contributed by atoms with Crippen molar-refractivity contribution in [2.75, 3.05) is 6.54 Å². The number of rotatable bonds is 5. The minimum Gasteiger partial charge on any atom is -0.313 e. The molecule has 0 unspecified atom stereocenters. The summed E-state index contributed by atoms with van der Waals surface area (Å²) in [6.45, 7) is 8.02. The molecule has 1 aromatic carbocycles. The van der Waals surface area contributed by atoms with Crippen LogP contribution in [0.5, 0.6) is 0 Å². The number of halogens is 1. The number of nitrogens with one attached hydrogen (secondary N) is 1. The van der Waals surface area contributed by atoms with Gasteiger partial charge in [-0.2, -0.15) is 0 Å². The maximum Gasteiger partial charge on any atom is 0.133 e. The molecule has 0 aliphatic carbocycles. The van der Waals surface area contributed by atoms with E-state index in [2.05, 4.69) is 64.1 Å². The van der Waals surface area contributed by atoms with Gasteiger partial charge in [-0.05, 0) is 32.0 Å². The first-order chi connectivity index (χ1) is 9.61. The summed E-state index contributed by atoms with van der Waals surface area (Å²) in [5, 5.41) is 3.34. The fraction of sp³-hybridized carbons (Fsp3) is 0.375.